The summed E-state index contributed by atoms with van der Waals surface area (Å²) in [6.45, 7) is 1.91. The van der Waals surface area contributed by atoms with Crippen molar-refractivity contribution in [1.82, 2.24) is 10.2 Å². The molecule has 0 bridgehead atoms. The second-order valence-corrected chi connectivity index (χ2v) is 6.12. The van der Waals surface area contributed by atoms with Crippen molar-refractivity contribution >= 4 is 29.1 Å². The molecule has 0 amide bonds. The van der Waals surface area contributed by atoms with Crippen LogP contribution in [0, 0.1) is 6.92 Å². The highest BCUT2D eigenvalue weighted by Gasteiger charge is 2.11. The highest BCUT2D eigenvalue weighted by Crippen LogP contribution is 2.28. The summed E-state index contributed by atoms with van der Waals surface area (Å²) in [5.41, 5.74) is 1.16. The first-order valence-corrected chi connectivity index (χ1v) is 7.23. The molecule has 1 aromatic heterocycles. The molecule has 0 unspecified atom stereocenters. The molecule has 0 saturated carbocycles. The van der Waals surface area contributed by atoms with Crippen molar-refractivity contribution in [3.8, 4) is 5.75 Å². The summed E-state index contributed by atoms with van der Waals surface area (Å²) < 4.78 is 5.99. The maximum atomic E-state index is 11.0. The molecule has 0 aliphatic carbocycles. The lowest BCUT2D eigenvalue weighted by Crippen LogP contribution is -2.00. The molecule has 2 rings (SSSR count). The zero-order valence-corrected chi connectivity index (χ0v) is 12.0. The number of aromatic nitrogens is 2. The molecule has 0 fully saturated rings. The van der Waals surface area contributed by atoms with Gasteiger partial charge in [0, 0.05) is 5.75 Å². The quantitative estimate of drug-likeness (QED) is 0.855. The van der Waals surface area contributed by atoms with Crippen molar-refractivity contribution in [1.29, 1.82) is 0 Å². The van der Waals surface area contributed by atoms with Gasteiger partial charge in [0.1, 0.15) is 16.3 Å². The number of ether oxygens (including phenoxy) is 1. The summed E-state index contributed by atoms with van der Waals surface area (Å²) in [7, 11) is 1.47. The Kier molecular flexibility index (Phi) is 4.39. The highest BCUT2D eigenvalue weighted by molar-refractivity contribution is 8.00. The molecule has 0 atom stereocenters. The number of nitrogens with zero attached hydrogens (tertiary/aromatic N) is 2. The van der Waals surface area contributed by atoms with E-state index in [1.165, 1.54) is 7.11 Å². The SMILES string of the molecule is COc1cc(CSc2nnc(C)s2)ccc1C(=O)O. The van der Waals surface area contributed by atoms with Crippen LogP contribution in [0.5, 0.6) is 5.75 Å². The molecule has 100 valence electrons. The minimum atomic E-state index is -0.990. The van der Waals surface area contributed by atoms with Crippen molar-refractivity contribution in [2.45, 2.75) is 17.0 Å². The van der Waals surface area contributed by atoms with Gasteiger partial charge in [-0.1, -0.05) is 29.2 Å². The third kappa shape index (κ3) is 3.45. The monoisotopic (exact) mass is 296 g/mol. The van der Waals surface area contributed by atoms with Crippen LogP contribution in [0.2, 0.25) is 0 Å². The topological polar surface area (TPSA) is 72.3 Å². The van der Waals surface area contributed by atoms with Crippen molar-refractivity contribution in [2.24, 2.45) is 0 Å². The molecule has 2 aromatic rings. The number of methoxy groups -OCH3 is 1. The van der Waals surface area contributed by atoms with Gasteiger partial charge in [-0.15, -0.1) is 10.2 Å². The number of rotatable bonds is 5. The van der Waals surface area contributed by atoms with Gasteiger partial charge in [-0.2, -0.15) is 0 Å². The van der Waals surface area contributed by atoms with E-state index in [1.807, 2.05) is 6.92 Å². The summed E-state index contributed by atoms with van der Waals surface area (Å²) in [6.07, 6.45) is 0. The van der Waals surface area contributed by atoms with Gasteiger partial charge in [-0.25, -0.2) is 4.79 Å². The number of aromatic carboxylic acids is 1. The number of hydrogen-bond acceptors (Lipinski definition) is 6. The number of carboxylic acid groups (broad SMARTS) is 1. The fourth-order valence-electron chi connectivity index (χ4n) is 1.48. The normalized spacial score (nSPS) is 10.4. The Morgan fingerprint density at radius 1 is 1.47 bits per heavy atom. The molecule has 0 spiro atoms. The Morgan fingerprint density at radius 3 is 2.84 bits per heavy atom. The Bertz CT molecular complexity index is 598. The van der Waals surface area contributed by atoms with E-state index in [-0.39, 0.29) is 5.56 Å². The molecule has 0 aliphatic heterocycles. The number of thioether (sulfide) groups is 1. The first kappa shape index (κ1) is 13.8. The van der Waals surface area contributed by atoms with E-state index in [1.54, 1.807) is 41.3 Å². The van der Waals surface area contributed by atoms with Crippen LogP contribution in [0.1, 0.15) is 20.9 Å². The second-order valence-electron chi connectivity index (χ2n) is 3.72. The van der Waals surface area contributed by atoms with Crippen LogP contribution < -0.4 is 4.74 Å². The summed E-state index contributed by atoms with van der Waals surface area (Å²) in [4.78, 5) is 11.0. The Labute approximate surface area is 118 Å². The molecule has 5 nitrogen and oxygen atoms in total. The van der Waals surface area contributed by atoms with Crippen LogP contribution in [-0.4, -0.2) is 28.4 Å². The Hall–Kier alpha value is -1.60. The summed E-state index contributed by atoms with van der Waals surface area (Å²) in [6, 6.07) is 5.08. The largest absolute Gasteiger partial charge is 0.496 e. The third-order valence-corrected chi connectivity index (χ3v) is 4.41. The van der Waals surface area contributed by atoms with Gasteiger partial charge in [0.2, 0.25) is 0 Å². The van der Waals surface area contributed by atoms with E-state index in [2.05, 4.69) is 10.2 Å². The van der Waals surface area contributed by atoms with E-state index in [9.17, 15) is 4.79 Å². The molecule has 1 aromatic carbocycles. The number of benzene rings is 1. The Balaban J connectivity index is 2.11. The number of hydrogen-bond donors (Lipinski definition) is 1. The average molecular weight is 296 g/mol. The van der Waals surface area contributed by atoms with Gasteiger partial charge in [-0.3, -0.25) is 0 Å². The third-order valence-electron chi connectivity index (χ3n) is 2.37. The fourth-order valence-corrected chi connectivity index (χ4v) is 3.24. The maximum Gasteiger partial charge on any atom is 0.339 e. The fraction of sp³-hybridized carbons (Fsp3) is 0.250. The van der Waals surface area contributed by atoms with Gasteiger partial charge < -0.3 is 9.84 Å². The van der Waals surface area contributed by atoms with Crippen LogP contribution >= 0.6 is 23.1 Å². The molecule has 0 saturated heterocycles. The standard InChI is InChI=1S/C12H12N2O3S2/c1-7-13-14-12(19-7)18-6-8-3-4-9(11(15)16)10(5-8)17-2/h3-5H,6H2,1-2H3,(H,15,16). The molecule has 1 heterocycles. The summed E-state index contributed by atoms with van der Waals surface area (Å²) >= 11 is 3.11. The molecular weight excluding hydrogens is 284 g/mol. The van der Waals surface area contributed by atoms with E-state index >= 15 is 0 Å². The lowest BCUT2D eigenvalue weighted by molar-refractivity contribution is 0.0693. The average Bonchev–Trinajstić information content (AvgIpc) is 2.81. The first-order valence-electron chi connectivity index (χ1n) is 5.43. The van der Waals surface area contributed by atoms with Crippen LogP contribution in [0.15, 0.2) is 22.5 Å². The highest BCUT2D eigenvalue weighted by atomic mass is 32.2. The van der Waals surface area contributed by atoms with Gasteiger partial charge in [0.25, 0.3) is 0 Å². The molecule has 0 aliphatic rings. The zero-order valence-electron chi connectivity index (χ0n) is 10.4. The lowest BCUT2D eigenvalue weighted by atomic mass is 10.1. The van der Waals surface area contributed by atoms with Crippen molar-refractivity contribution in [3.63, 3.8) is 0 Å². The van der Waals surface area contributed by atoms with Crippen LogP contribution in [0.25, 0.3) is 0 Å². The zero-order chi connectivity index (χ0) is 13.8. The van der Waals surface area contributed by atoms with E-state index in [0.717, 1.165) is 14.9 Å². The molecule has 7 heteroatoms. The predicted octanol–water partition coefficient (Wildman–Crippen LogP) is 2.85. The van der Waals surface area contributed by atoms with Crippen molar-refractivity contribution < 1.29 is 14.6 Å². The molecule has 1 N–H and O–H groups in total. The van der Waals surface area contributed by atoms with Gasteiger partial charge in [-0.05, 0) is 24.6 Å². The second kappa shape index (κ2) is 6.03. The maximum absolute atomic E-state index is 11.0. The van der Waals surface area contributed by atoms with Crippen LogP contribution in [0.4, 0.5) is 0 Å². The number of aryl methyl sites for hydroxylation is 1. The molecule has 19 heavy (non-hydrogen) atoms. The molecule has 0 radical (unpaired) electrons. The van der Waals surface area contributed by atoms with Gasteiger partial charge in [0.05, 0.1) is 7.11 Å². The van der Waals surface area contributed by atoms with Gasteiger partial charge in [0.15, 0.2) is 4.34 Å². The van der Waals surface area contributed by atoms with Gasteiger partial charge >= 0.3 is 5.97 Å². The minimum Gasteiger partial charge on any atom is -0.496 e. The van der Waals surface area contributed by atoms with Crippen molar-refractivity contribution in [3.05, 3.63) is 34.3 Å². The number of carboxylic acids is 1. The van der Waals surface area contributed by atoms with E-state index < -0.39 is 5.97 Å². The molecular formula is C12H12N2O3S2. The van der Waals surface area contributed by atoms with E-state index in [0.29, 0.717) is 11.5 Å². The van der Waals surface area contributed by atoms with E-state index in [4.69, 9.17) is 9.84 Å². The van der Waals surface area contributed by atoms with Crippen molar-refractivity contribution in [2.75, 3.05) is 7.11 Å². The first-order chi connectivity index (χ1) is 9.10. The predicted molar refractivity (Wildman–Crippen MR) is 74.2 cm³/mol. The van der Waals surface area contributed by atoms with Crippen LogP contribution in [0.3, 0.4) is 0 Å². The summed E-state index contributed by atoms with van der Waals surface area (Å²) in [5.74, 6) is 0.0834. The van der Waals surface area contributed by atoms with Crippen LogP contribution in [-0.2, 0) is 5.75 Å². The smallest absolute Gasteiger partial charge is 0.339 e. The minimum absolute atomic E-state index is 0.169. The summed E-state index contributed by atoms with van der Waals surface area (Å²) in [5, 5.41) is 17.9. The Morgan fingerprint density at radius 2 is 2.26 bits per heavy atom. The number of carbonyl (C=O) groups is 1. The lowest BCUT2D eigenvalue weighted by Gasteiger charge is -2.07.